The predicted octanol–water partition coefficient (Wildman–Crippen LogP) is 4.13. The number of carbonyl (C=O) groups is 1. The van der Waals surface area contributed by atoms with Crippen LogP contribution >= 0.6 is 15.9 Å². The van der Waals surface area contributed by atoms with Crippen molar-refractivity contribution in [3.8, 4) is 0 Å². The summed E-state index contributed by atoms with van der Waals surface area (Å²) >= 11 is 3.39. The lowest BCUT2D eigenvalue weighted by atomic mass is 10.1. The molecule has 110 valence electrons. The topological polar surface area (TPSA) is 41.1 Å². The molecule has 2 aromatic rings. The maximum atomic E-state index is 11.9. The molecule has 0 fully saturated rings. The molecular weight excluding hydrogens is 328 g/mol. The summed E-state index contributed by atoms with van der Waals surface area (Å²) in [5, 5.41) is 6.24. The molecule has 1 unspecified atom stereocenters. The Morgan fingerprint density at radius 2 is 1.76 bits per heavy atom. The van der Waals surface area contributed by atoms with Crippen LogP contribution in [0.5, 0.6) is 0 Å². The zero-order chi connectivity index (χ0) is 15.1. The van der Waals surface area contributed by atoms with Crippen LogP contribution in [0.3, 0.4) is 0 Å². The van der Waals surface area contributed by atoms with Gasteiger partial charge in [-0.2, -0.15) is 0 Å². The van der Waals surface area contributed by atoms with Crippen molar-refractivity contribution in [2.45, 2.75) is 19.4 Å². The number of carbonyl (C=O) groups excluding carboxylic acids is 1. The summed E-state index contributed by atoms with van der Waals surface area (Å²) in [4.78, 5) is 11.9. The maximum Gasteiger partial charge on any atom is 0.222 e. The molecule has 0 aliphatic carbocycles. The van der Waals surface area contributed by atoms with Gasteiger partial charge in [0.05, 0.1) is 6.04 Å². The van der Waals surface area contributed by atoms with Gasteiger partial charge in [0.15, 0.2) is 0 Å². The summed E-state index contributed by atoms with van der Waals surface area (Å²) in [6.45, 7) is 2.62. The highest BCUT2D eigenvalue weighted by molar-refractivity contribution is 9.10. The average molecular weight is 347 g/mol. The Balaban J connectivity index is 1.73. The van der Waals surface area contributed by atoms with Gasteiger partial charge in [0.1, 0.15) is 0 Å². The lowest BCUT2D eigenvalue weighted by molar-refractivity contribution is -0.121. The van der Waals surface area contributed by atoms with E-state index in [1.54, 1.807) is 0 Å². The normalized spacial score (nSPS) is 11.7. The first-order valence-electron chi connectivity index (χ1n) is 6.99. The third-order valence-electron chi connectivity index (χ3n) is 3.20. The van der Waals surface area contributed by atoms with Gasteiger partial charge in [-0.25, -0.2) is 0 Å². The van der Waals surface area contributed by atoms with Gasteiger partial charge in [0.2, 0.25) is 5.91 Å². The highest BCUT2D eigenvalue weighted by atomic mass is 79.9. The van der Waals surface area contributed by atoms with Crippen molar-refractivity contribution in [2.24, 2.45) is 0 Å². The molecule has 2 rings (SSSR count). The van der Waals surface area contributed by atoms with Crippen LogP contribution in [0.1, 0.15) is 24.9 Å². The molecule has 0 aromatic heterocycles. The van der Waals surface area contributed by atoms with E-state index >= 15 is 0 Å². The summed E-state index contributed by atoms with van der Waals surface area (Å²) in [6, 6.07) is 17.9. The Morgan fingerprint density at radius 1 is 1.10 bits per heavy atom. The van der Waals surface area contributed by atoms with Crippen LogP contribution in [-0.4, -0.2) is 12.5 Å². The first kappa shape index (κ1) is 15.6. The van der Waals surface area contributed by atoms with E-state index in [0.29, 0.717) is 13.0 Å². The number of anilines is 1. The van der Waals surface area contributed by atoms with Crippen LogP contribution in [0.25, 0.3) is 0 Å². The average Bonchev–Trinajstić information content (AvgIpc) is 2.50. The molecule has 1 amide bonds. The molecule has 0 saturated heterocycles. The molecular formula is C17H19BrN2O. The number of rotatable bonds is 6. The number of hydrogen-bond acceptors (Lipinski definition) is 2. The molecule has 0 saturated carbocycles. The minimum Gasteiger partial charge on any atom is -0.385 e. The van der Waals surface area contributed by atoms with Gasteiger partial charge in [0.25, 0.3) is 0 Å². The molecule has 0 aliphatic rings. The van der Waals surface area contributed by atoms with Crippen LogP contribution in [0.15, 0.2) is 59.1 Å². The van der Waals surface area contributed by atoms with Gasteiger partial charge in [0, 0.05) is 23.1 Å². The van der Waals surface area contributed by atoms with Gasteiger partial charge in [-0.05, 0) is 36.8 Å². The zero-order valence-electron chi connectivity index (χ0n) is 12.0. The molecule has 0 heterocycles. The lowest BCUT2D eigenvalue weighted by Crippen LogP contribution is -2.28. The van der Waals surface area contributed by atoms with Crippen molar-refractivity contribution in [3.63, 3.8) is 0 Å². The minimum atomic E-state index is 0.0337. The predicted molar refractivity (Wildman–Crippen MR) is 90.2 cm³/mol. The lowest BCUT2D eigenvalue weighted by Gasteiger charge is -2.14. The van der Waals surface area contributed by atoms with Gasteiger partial charge in [-0.3, -0.25) is 4.79 Å². The van der Waals surface area contributed by atoms with Crippen LogP contribution in [-0.2, 0) is 4.79 Å². The summed E-state index contributed by atoms with van der Waals surface area (Å²) in [7, 11) is 0. The molecule has 21 heavy (non-hydrogen) atoms. The van der Waals surface area contributed by atoms with Crippen molar-refractivity contribution in [1.82, 2.24) is 5.32 Å². The Morgan fingerprint density at radius 3 is 2.43 bits per heavy atom. The number of halogens is 1. The number of benzene rings is 2. The maximum absolute atomic E-state index is 11.9. The molecule has 3 nitrogen and oxygen atoms in total. The standard InChI is InChI=1S/C17H19BrN2O/c1-13(14-5-3-2-4-6-14)20-17(21)11-12-19-16-9-7-15(18)8-10-16/h2-10,13,19H,11-12H2,1H3,(H,20,21). The third-order valence-corrected chi connectivity index (χ3v) is 3.73. The second kappa shape index (κ2) is 7.84. The van der Waals surface area contributed by atoms with Crippen LogP contribution in [0, 0.1) is 0 Å². The Labute approximate surface area is 133 Å². The monoisotopic (exact) mass is 346 g/mol. The van der Waals surface area contributed by atoms with Crippen molar-refractivity contribution in [2.75, 3.05) is 11.9 Å². The van der Waals surface area contributed by atoms with Crippen molar-refractivity contribution >= 4 is 27.5 Å². The fourth-order valence-corrected chi connectivity index (χ4v) is 2.29. The molecule has 0 bridgehead atoms. The smallest absolute Gasteiger partial charge is 0.222 e. The summed E-state index contributed by atoms with van der Waals surface area (Å²) in [6.07, 6.45) is 0.452. The Kier molecular flexibility index (Phi) is 5.81. The molecule has 1 atom stereocenters. The Bertz CT molecular complexity index is 569. The second-order valence-electron chi connectivity index (χ2n) is 4.88. The van der Waals surface area contributed by atoms with Gasteiger partial charge in [-0.15, -0.1) is 0 Å². The fourth-order valence-electron chi connectivity index (χ4n) is 2.03. The van der Waals surface area contributed by atoms with E-state index in [1.807, 2.05) is 61.5 Å². The number of amides is 1. The SMILES string of the molecule is CC(NC(=O)CCNc1ccc(Br)cc1)c1ccccc1. The zero-order valence-corrected chi connectivity index (χ0v) is 13.6. The van der Waals surface area contributed by atoms with Crippen molar-refractivity contribution < 1.29 is 4.79 Å². The third kappa shape index (κ3) is 5.23. The largest absolute Gasteiger partial charge is 0.385 e. The van der Waals surface area contributed by atoms with E-state index in [9.17, 15) is 4.79 Å². The number of nitrogens with one attached hydrogen (secondary N) is 2. The highest BCUT2D eigenvalue weighted by Crippen LogP contribution is 2.14. The van der Waals surface area contributed by atoms with E-state index < -0.39 is 0 Å². The summed E-state index contributed by atoms with van der Waals surface area (Å²) in [5.41, 5.74) is 2.13. The van der Waals surface area contributed by atoms with Crippen LogP contribution < -0.4 is 10.6 Å². The molecule has 0 radical (unpaired) electrons. The van der Waals surface area contributed by atoms with Gasteiger partial charge < -0.3 is 10.6 Å². The summed E-state index contributed by atoms with van der Waals surface area (Å²) < 4.78 is 1.04. The van der Waals surface area contributed by atoms with E-state index in [0.717, 1.165) is 15.7 Å². The van der Waals surface area contributed by atoms with E-state index in [-0.39, 0.29) is 11.9 Å². The molecule has 2 aromatic carbocycles. The van der Waals surface area contributed by atoms with Crippen molar-refractivity contribution in [3.05, 3.63) is 64.6 Å². The quantitative estimate of drug-likeness (QED) is 0.825. The highest BCUT2D eigenvalue weighted by Gasteiger charge is 2.08. The van der Waals surface area contributed by atoms with E-state index in [2.05, 4.69) is 26.6 Å². The fraction of sp³-hybridized carbons (Fsp3) is 0.235. The minimum absolute atomic E-state index is 0.0337. The second-order valence-corrected chi connectivity index (χ2v) is 5.80. The van der Waals surface area contributed by atoms with Gasteiger partial charge in [-0.1, -0.05) is 46.3 Å². The Hall–Kier alpha value is -1.81. The molecule has 2 N–H and O–H groups in total. The first-order chi connectivity index (χ1) is 10.1. The summed E-state index contributed by atoms with van der Waals surface area (Å²) in [5.74, 6) is 0.0518. The molecule has 4 heteroatoms. The van der Waals surface area contributed by atoms with Gasteiger partial charge >= 0.3 is 0 Å². The van der Waals surface area contributed by atoms with Crippen LogP contribution in [0.4, 0.5) is 5.69 Å². The van der Waals surface area contributed by atoms with E-state index in [4.69, 9.17) is 0 Å². The molecule has 0 aliphatic heterocycles. The number of hydrogen-bond donors (Lipinski definition) is 2. The van der Waals surface area contributed by atoms with Crippen molar-refractivity contribution in [1.29, 1.82) is 0 Å². The van der Waals surface area contributed by atoms with E-state index in [1.165, 1.54) is 0 Å². The van der Waals surface area contributed by atoms with Crippen LogP contribution in [0.2, 0.25) is 0 Å². The molecule has 0 spiro atoms. The first-order valence-corrected chi connectivity index (χ1v) is 7.78.